The number of hydrazine groups is 1. The Labute approximate surface area is 139 Å². The van der Waals surface area contributed by atoms with Crippen molar-refractivity contribution in [3.05, 3.63) is 59.9 Å². The van der Waals surface area contributed by atoms with Gasteiger partial charge in [0.2, 0.25) is 0 Å². The molecular formula is C17H18FN5O. The van der Waals surface area contributed by atoms with Gasteiger partial charge < -0.3 is 4.90 Å². The first-order chi connectivity index (χ1) is 11.7. The zero-order chi connectivity index (χ0) is 16.5. The third-order valence-electron chi connectivity index (χ3n) is 4.81. The highest BCUT2D eigenvalue weighted by molar-refractivity contribution is 5.92. The summed E-state index contributed by atoms with van der Waals surface area (Å²) in [5, 5.41) is 0. The van der Waals surface area contributed by atoms with Crippen LogP contribution in [0.25, 0.3) is 0 Å². The zero-order valence-electron chi connectivity index (χ0n) is 13.0. The van der Waals surface area contributed by atoms with Crippen LogP contribution in [0.4, 0.5) is 4.39 Å². The molecule has 6 nitrogen and oxygen atoms in total. The second kappa shape index (κ2) is 6.26. The summed E-state index contributed by atoms with van der Waals surface area (Å²) in [4.78, 5) is 22.5. The number of fused-ring (bicyclic) bond motifs is 1. The maximum Gasteiger partial charge on any atom is 0.274 e. The van der Waals surface area contributed by atoms with Crippen molar-refractivity contribution in [3.63, 3.8) is 0 Å². The molecule has 7 heteroatoms. The van der Waals surface area contributed by atoms with Crippen LogP contribution in [-0.2, 0) is 0 Å². The fraction of sp³-hybridized carbons (Fsp3) is 0.353. The Morgan fingerprint density at radius 1 is 1.21 bits per heavy atom. The molecule has 4 rings (SSSR count). The average molecular weight is 327 g/mol. The fourth-order valence-corrected chi connectivity index (χ4v) is 3.56. The normalized spacial score (nSPS) is 26.2. The summed E-state index contributed by atoms with van der Waals surface area (Å²) >= 11 is 0. The van der Waals surface area contributed by atoms with Gasteiger partial charge in [0.25, 0.3) is 5.91 Å². The molecule has 2 aliphatic rings. The summed E-state index contributed by atoms with van der Waals surface area (Å²) in [7, 11) is 0. The smallest absolute Gasteiger partial charge is 0.274 e. The van der Waals surface area contributed by atoms with Crippen molar-refractivity contribution < 1.29 is 9.18 Å². The Balaban J connectivity index is 1.53. The van der Waals surface area contributed by atoms with Gasteiger partial charge in [-0.15, -0.1) is 0 Å². The number of piperidine rings is 1. The van der Waals surface area contributed by atoms with E-state index < -0.39 is 0 Å². The number of nitrogens with one attached hydrogen (secondary N) is 2. The van der Waals surface area contributed by atoms with Crippen LogP contribution in [0.15, 0.2) is 42.9 Å². The maximum absolute atomic E-state index is 13.2. The first kappa shape index (κ1) is 15.2. The summed E-state index contributed by atoms with van der Waals surface area (Å²) in [6.45, 7) is 1.31. The lowest BCUT2D eigenvalue weighted by Gasteiger charge is -2.36. The molecule has 0 saturated carbocycles. The second-order valence-electron chi connectivity index (χ2n) is 6.22. The minimum Gasteiger partial charge on any atom is -0.337 e. The molecule has 2 fully saturated rings. The molecule has 0 aliphatic carbocycles. The van der Waals surface area contributed by atoms with Gasteiger partial charge >= 0.3 is 0 Å². The van der Waals surface area contributed by atoms with Gasteiger partial charge in [-0.05, 0) is 24.1 Å². The molecule has 124 valence electrons. The summed E-state index contributed by atoms with van der Waals surface area (Å²) < 4.78 is 13.2. The van der Waals surface area contributed by atoms with Gasteiger partial charge in [-0.3, -0.25) is 15.2 Å². The Bertz CT molecular complexity index is 724. The van der Waals surface area contributed by atoms with Crippen molar-refractivity contribution in [1.82, 2.24) is 25.7 Å². The summed E-state index contributed by atoms with van der Waals surface area (Å²) in [6, 6.07) is 6.87. The van der Waals surface area contributed by atoms with Crippen molar-refractivity contribution in [2.24, 2.45) is 5.92 Å². The monoisotopic (exact) mass is 327 g/mol. The lowest BCUT2D eigenvalue weighted by atomic mass is 9.85. The van der Waals surface area contributed by atoms with E-state index in [1.807, 2.05) is 4.90 Å². The van der Waals surface area contributed by atoms with E-state index in [1.165, 1.54) is 24.5 Å². The van der Waals surface area contributed by atoms with Crippen LogP contribution in [0.5, 0.6) is 0 Å². The molecule has 1 amide bonds. The lowest BCUT2D eigenvalue weighted by Crippen LogP contribution is -2.48. The van der Waals surface area contributed by atoms with Crippen LogP contribution in [0.3, 0.4) is 0 Å². The summed E-state index contributed by atoms with van der Waals surface area (Å²) in [5.74, 6) is -0.111. The minimum absolute atomic E-state index is 0.0491. The van der Waals surface area contributed by atoms with Crippen molar-refractivity contribution in [3.8, 4) is 0 Å². The van der Waals surface area contributed by atoms with Gasteiger partial charge in [0.15, 0.2) is 0 Å². The maximum atomic E-state index is 13.2. The number of benzene rings is 1. The fourth-order valence-electron chi connectivity index (χ4n) is 3.56. The number of nitrogens with zero attached hydrogens (tertiary/aromatic N) is 3. The van der Waals surface area contributed by atoms with E-state index >= 15 is 0 Å². The van der Waals surface area contributed by atoms with Crippen LogP contribution in [0.2, 0.25) is 0 Å². The van der Waals surface area contributed by atoms with Crippen molar-refractivity contribution in [2.45, 2.75) is 18.5 Å². The van der Waals surface area contributed by atoms with Crippen LogP contribution < -0.4 is 10.9 Å². The Morgan fingerprint density at radius 3 is 2.79 bits per heavy atom. The van der Waals surface area contributed by atoms with E-state index in [4.69, 9.17) is 0 Å². The Hall–Kier alpha value is -2.38. The number of amides is 1. The van der Waals surface area contributed by atoms with Gasteiger partial charge in [-0.25, -0.2) is 14.8 Å². The number of aromatic nitrogens is 2. The molecule has 3 atom stereocenters. The van der Waals surface area contributed by atoms with Gasteiger partial charge in [0.05, 0.1) is 12.2 Å². The molecule has 2 N–H and O–H groups in total. The van der Waals surface area contributed by atoms with Crippen LogP contribution >= 0.6 is 0 Å². The highest BCUT2D eigenvalue weighted by Crippen LogP contribution is 2.34. The van der Waals surface area contributed by atoms with E-state index in [9.17, 15) is 9.18 Å². The Kier molecular flexibility index (Phi) is 3.95. The molecule has 0 bridgehead atoms. The van der Waals surface area contributed by atoms with Crippen LogP contribution in [0, 0.1) is 11.7 Å². The van der Waals surface area contributed by atoms with Crippen LogP contribution in [-0.4, -0.2) is 39.9 Å². The van der Waals surface area contributed by atoms with Crippen LogP contribution in [0.1, 0.15) is 28.5 Å². The molecular weight excluding hydrogens is 309 g/mol. The van der Waals surface area contributed by atoms with Gasteiger partial charge in [-0.1, -0.05) is 12.1 Å². The third kappa shape index (κ3) is 2.76. The number of hydrogen-bond donors (Lipinski definition) is 2. The lowest BCUT2D eigenvalue weighted by molar-refractivity contribution is 0.0646. The van der Waals surface area contributed by atoms with E-state index in [0.29, 0.717) is 24.8 Å². The number of carbonyl (C=O) groups is 1. The SMILES string of the molecule is O=C(c1cnccn1)N1CCC2NNC(c3ccc(F)cc3)C2C1. The largest absolute Gasteiger partial charge is 0.337 e. The van der Waals surface area contributed by atoms with Crippen molar-refractivity contribution >= 4 is 5.91 Å². The predicted octanol–water partition coefficient (Wildman–Crippen LogP) is 1.30. The number of hydrogen-bond acceptors (Lipinski definition) is 5. The average Bonchev–Trinajstić information content (AvgIpc) is 3.05. The summed E-state index contributed by atoms with van der Waals surface area (Å²) in [5.41, 5.74) is 7.99. The molecule has 2 aromatic rings. The van der Waals surface area contributed by atoms with E-state index in [0.717, 1.165) is 12.0 Å². The zero-order valence-corrected chi connectivity index (χ0v) is 13.0. The molecule has 3 unspecified atom stereocenters. The number of likely N-dealkylation sites (tertiary alicyclic amines) is 1. The number of carbonyl (C=O) groups excluding carboxylic acids is 1. The molecule has 0 spiro atoms. The van der Waals surface area contributed by atoms with Crippen molar-refractivity contribution in [2.75, 3.05) is 13.1 Å². The minimum atomic E-state index is -0.246. The molecule has 2 saturated heterocycles. The third-order valence-corrected chi connectivity index (χ3v) is 4.81. The molecule has 1 aromatic carbocycles. The van der Waals surface area contributed by atoms with Gasteiger partial charge in [0.1, 0.15) is 11.5 Å². The summed E-state index contributed by atoms with van der Waals surface area (Å²) in [6.07, 6.45) is 5.44. The molecule has 1 aromatic heterocycles. The van der Waals surface area contributed by atoms with Crippen molar-refractivity contribution in [1.29, 1.82) is 0 Å². The predicted molar refractivity (Wildman–Crippen MR) is 85.2 cm³/mol. The highest BCUT2D eigenvalue weighted by Gasteiger charge is 2.41. The first-order valence-electron chi connectivity index (χ1n) is 8.04. The van der Waals surface area contributed by atoms with E-state index in [2.05, 4.69) is 20.8 Å². The topological polar surface area (TPSA) is 70.2 Å². The quantitative estimate of drug-likeness (QED) is 0.870. The van der Waals surface area contributed by atoms with E-state index in [-0.39, 0.29) is 23.7 Å². The first-order valence-corrected chi connectivity index (χ1v) is 8.04. The molecule has 0 radical (unpaired) electrons. The highest BCUT2D eigenvalue weighted by atomic mass is 19.1. The molecule has 2 aliphatic heterocycles. The number of rotatable bonds is 2. The van der Waals surface area contributed by atoms with Gasteiger partial charge in [0, 0.05) is 37.4 Å². The molecule has 24 heavy (non-hydrogen) atoms. The van der Waals surface area contributed by atoms with E-state index in [1.54, 1.807) is 18.3 Å². The van der Waals surface area contributed by atoms with Gasteiger partial charge in [-0.2, -0.15) is 0 Å². The Morgan fingerprint density at radius 2 is 2.04 bits per heavy atom. The molecule has 3 heterocycles. The number of halogens is 1. The standard InChI is InChI=1S/C17H18FN5O/c18-12-3-1-11(2-4-12)16-13-10-23(8-5-14(13)21-22-16)17(24)15-9-19-6-7-20-15/h1-4,6-7,9,13-14,16,21-22H,5,8,10H2. The second-order valence-corrected chi connectivity index (χ2v) is 6.22.